The maximum atomic E-state index is 10.1. The molecule has 3 unspecified atom stereocenters. The second kappa shape index (κ2) is 6.37. The van der Waals surface area contributed by atoms with Crippen molar-refractivity contribution in [1.29, 1.82) is 0 Å². The summed E-state index contributed by atoms with van der Waals surface area (Å²) in [6, 6.07) is 0. The van der Waals surface area contributed by atoms with Crippen LogP contribution >= 0.6 is 0 Å². The molecular formula is C15H26N2O. The van der Waals surface area contributed by atoms with Crippen molar-refractivity contribution in [2.75, 3.05) is 0 Å². The fourth-order valence-electron chi connectivity index (χ4n) is 3.28. The van der Waals surface area contributed by atoms with Crippen LogP contribution in [-0.4, -0.2) is 20.8 Å². The van der Waals surface area contributed by atoms with Crippen molar-refractivity contribution in [1.82, 2.24) is 9.55 Å². The second-order valence-electron chi connectivity index (χ2n) is 5.79. The maximum absolute atomic E-state index is 10.1. The van der Waals surface area contributed by atoms with E-state index in [0.717, 1.165) is 31.0 Å². The molecule has 0 aliphatic heterocycles. The number of aliphatic hydroxyl groups is 1. The predicted molar refractivity (Wildman–Crippen MR) is 73.3 cm³/mol. The van der Waals surface area contributed by atoms with Crippen LogP contribution in [0.25, 0.3) is 0 Å². The summed E-state index contributed by atoms with van der Waals surface area (Å²) >= 11 is 0. The van der Waals surface area contributed by atoms with Crippen LogP contribution in [-0.2, 0) is 13.5 Å². The van der Waals surface area contributed by atoms with Gasteiger partial charge in [-0.15, -0.1) is 0 Å². The summed E-state index contributed by atoms with van der Waals surface area (Å²) in [5.41, 5.74) is 0. The number of aromatic nitrogens is 2. The average Bonchev–Trinajstić information content (AvgIpc) is 2.76. The van der Waals surface area contributed by atoms with Gasteiger partial charge in [-0.05, 0) is 37.5 Å². The predicted octanol–water partition coefficient (Wildman–Crippen LogP) is 2.93. The smallest absolute Gasteiger partial charge is 0.108 e. The Morgan fingerprint density at radius 3 is 2.89 bits per heavy atom. The van der Waals surface area contributed by atoms with E-state index in [1.807, 2.05) is 19.4 Å². The number of imidazole rings is 1. The number of hydrogen-bond donors (Lipinski definition) is 1. The largest absolute Gasteiger partial charge is 0.393 e. The highest BCUT2D eigenvalue weighted by Crippen LogP contribution is 2.34. The van der Waals surface area contributed by atoms with Gasteiger partial charge < -0.3 is 9.67 Å². The molecule has 0 aromatic carbocycles. The highest BCUT2D eigenvalue weighted by atomic mass is 16.3. The van der Waals surface area contributed by atoms with Crippen LogP contribution in [0, 0.1) is 11.8 Å². The number of nitrogens with zero attached hydrogens (tertiary/aromatic N) is 2. The Kier molecular flexibility index (Phi) is 4.81. The molecule has 1 aliphatic rings. The molecule has 3 atom stereocenters. The lowest BCUT2D eigenvalue weighted by Gasteiger charge is -2.33. The zero-order valence-electron chi connectivity index (χ0n) is 11.7. The van der Waals surface area contributed by atoms with Crippen LogP contribution < -0.4 is 0 Å². The normalized spacial score (nSPS) is 28.5. The van der Waals surface area contributed by atoms with E-state index in [0.29, 0.717) is 5.92 Å². The molecule has 18 heavy (non-hydrogen) atoms. The van der Waals surface area contributed by atoms with E-state index in [-0.39, 0.29) is 6.10 Å². The van der Waals surface area contributed by atoms with Gasteiger partial charge in [-0.1, -0.05) is 19.8 Å². The first kappa shape index (κ1) is 13.6. The molecular weight excluding hydrogens is 224 g/mol. The zero-order valence-corrected chi connectivity index (χ0v) is 11.7. The lowest BCUT2D eigenvalue weighted by atomic mass is 9.76. The van der Waals surface area contributed by atoms with E-state index in [4.69, 9.17) is 0 Å². The number of aliphatic hydroxyl groups excluding tert-OH is 1. The minimum atomic E-state index is -0.0848. The molecule has 1 aromatic rings. The molecule has 1 aliphatic carbocycles. The van der Waals surface area contributed by atoms with Crippen LogP contribution in [0.2, 0.25) is 0 Å². The van der Waals surface area contributed by atoms with Gasteiger partial charge in [0.05, 0.1) is 6.10 Å². The summed E-state index contributed by atoms with van der Waals surface area (Å²) < 4.78 is 2.08. The maximum Gasteiger partial charge on any atom is 0.108 e. The third-order valence-electron chi connectivity index (χ3n) is 4.41. The SMILES string of the molecule is CCCC1CCC(O)C(CCc2nccn2C)C1. The minimum Gasteiger partial charge on any atom is -0.393 e. The van der Waals surface area contributed by atoms with E-state index in [2.05, 4.69) is 16.5 Å². The Balaban J connectivity index is 1.85. The molecule has 0 saturated heterocycles. The molecule has 0 amide bonds. The van der Waals surface area contributed by atoms with Crippen LogP contribution in [0.15, 0.2) is 12.4 Å². The molecule has 1 N–H and O–H groups in total. The summed E-state index contributed by atoms with van der Waals surface area (Å²) in [6.45, 7) is 2.26. The van der Waals surface area contributed by atoms with Gasteiger partial charge in [0, 0.05) is 25.9 Å². The molecule has 1 aromatic heterocycles. The van der Waals surface area contributed by atoms with Crippen molar-refractivity contribution in [3.8, 4) is 0 Å². The van der Waals surface area contributed by atoms with Crippen LogP contribution in [0.1, 0.15) is 51.3 Å². The van der Waals surface area contributed by atoms with Crippen molar-refractivity contribution >= 4 is 0 Å². The quantitative estimate of drug-likeness (QED) is 0.872. The van der Waals surface area contributed by atoms with Gasteiger partial charge in [-0.2, -0.15) is 0 Å². The van der Waals surface area contributed by atoms with Gasteiger partial charge in [-0.25, -0.2) is 4.98 Å². The average molecular weight is 250 g/mol. The first-order chi connectivity index (χ1) is 8.70. The van der Waals surface area contributed by atoms with Gasteiger partial charge in [0.2, 0.25) is 0 Å². The highest BCUT2D eigenvalue weighted by molar-refractivity contribution is 4.92. The van der Waals surface area contributed by atoms with Gasteiger partial charge >= 0.3 is 0 Å². The van der Waals surface area contributed by atoms with E-state index >= 15 is 0 Å². The van der Waals surface area contributed by atoms with Crippen LogP contribution in [0.4, 0.5) is 0 Å². The molecule has 3 nitrogen and oxygen atoms in total. The topological polar surface area (TPSA) is 38.1 Å². The third kappa shape index (κ3) is 3.35. The fraction of sp³-hybridized carbons (Fsp3) is 0.800. The molecule has 1 fully saturated rings. The van der Waals surface area contributed by atoms with Gasteiger partial charge in [-0.3, -0.25) is 0 Å². The van der Waals surface area contributed by atoms with Crippen LogP contribution in [0.3, 0.4) is 0 Å². The van der Waals surface area contributed by atoms with Crippen molar-refractivity contribution < 1.29 is 5.11 Å². The number of rotatable bonds is 5. The van der Waals surface area contributed by atoms with Crippen molar-refractivity contribution in [3.63, 3.8) is 0 Å². The lowest BCUT2D eigenvalue weighted by Crippen LogP contribution is -2.29. The van der Waals surface area contributed by atoms with Crippen molar-refractivity contribution in [2.24, 2.45) is 18.9 Å². The molecule has 102 valence electrons. The molecule has 1 heterocycles. The van der Waals surface area contributed by atoms with Gasteiger partial charge in [0.25, 0.3) is 0 Å². The zero-order chi connectivity index (χ0) is 13.0. The Morgan fingerprint density at radius 2 is 2.22 bits per heavy atom. The Morgan fingerprint density at radius 1 is 1.39 bits per heavy atom. The summed E-state index contributed by atoms with van der Waals surface area (Å²) in [6.07, 6.45) is 11.8. The fourth-order valence-corrected chi connectivity index (χ4v) is 3.28. The molecule has 0 spiro atoms. The van der Waals surface area contributed by atoms with Crippen molar-refractivity contribution in [2.45, 2.75) is 58.0 Å². The van der Waals surface area contributed by atoms with Crippen molar-refractivity contribution in [3.05, 3.63) is 18.2 Å². The van der Waals surface area contributed by atoms with E-state index in [1.165, 1.54) is 25.7 Å². The Bertz CT molecular complexity index is 361. The number of aryl methyl sites for hydroxylation is 2. The molecule has 3 heteroatoms. The molecule has 0 bridgehead atoms. The lowest BCUT2D eigenvalue weighted by molar-refractivity contribution is 0.0417. The van der Waals surface area contributed by atoms with E-state index < -0.39 is 0 Å². The Hall–Kier alpha value is -0.830. The summed E-state index contributed by atoms with van der Waals surface area (Å²) in [7, 11) is 2.04. The monoisotopic (exact) mass is 250 g/mol. The molecule has 0 radical (unpaired) electrons. The summed E-state index contributed by atoms with van der Waals surface area (Å²) in [4.78, 5) is 4.36. The first-order valence-electron chi connectivity index (χ1n) is 7.35. The third-order valence-corrected chi connectivity index (χ3v) is 4.41. The van der Waals surface area contributed by atoms with Gasteiger partial charge in [0.1, 0.15) is 5.82 Å². The summed E-state index contributed by atoms with van der Waals surface area (Å²) in [5.74, 6) is 2.46. The number of hydrogen-bond acceptors (Lipinski definition) is 2. The Labute approximate surface area is 110 Å². The molecule has 1 saturated carbocycles. The molecule has 2 rings (SSSR count). The first-order valence-corrected chi connectivity index (χ1v) is 7.35. The van der Waals surface area contributed by atoms with E-state index in [9.17, 15) is 5.11 Å². The standard InChI is InChI=1S/C15H26N2O/c1-3-4-12-5-7-14(18)13(11-12)6-8-15-16-9-10-17(15)2/h9-10,12-14,18H,3-8,11H2,1-2H3. The second-order valence-corrected chi connectivity index (χ2v) is 5.79. The highest BCUT2D eigenvalue weighted by Gasteiger charge is 2.28. The van der Waals surface area contributed by atoms with Gasteiger partial charge in [0.15, 0.2) is 0 Å². The van der Waals surface area contributed by atoms with Crippen LogP contribution in [0.5, 0.6) is 0 Å². The van der Waals surface area contributed by atoms with E-state index in [1.54, 1.807) is 0 Å². The minimum absolute atomic E-state index is 0.0848. The summed E-state index contributed by atoms with van der Waals surface area (Å²) in [5, 5.41) is 10.1.